The van der Waals surface area contributed by atoms with E-state index in [-0.39, 0.29) is 11.9 Å². The molecule has 14 heavy (non-hydrogen) atoms. The first-order valence-electron chi connectivity index (χ1n) is 4.27. The number of benzene rings is 1. The van der Waals surface area contributed by atoms with E-state index in [1.165, 1.54) is 7.11 Å². The number of hydrogen-bond donors (Lipinski definition) is 0. The van der Waals surface area contributed by atoms with Gasteiger partial charge in [0.25, 0.3) is 0 Å². The van der Waals surface area contributed by atoms with Gasteiger partial charge in [-0.3, -0.25) is 0 Å². The first kappa shape index (κ1) is 11.2. The molecule has 0 aliphatic carbocycles. The molecule has 0 heterocycles. The fraction of sp³-hybridized carbons (Fsp3) is 0.273. The van der Waals surface area contributed by atoms with Crippen molar-refractivity contribution in [3.63, 3.8) is 0 Å². The van der Waals surface area contributed by atoms with Crippen LogP contribution in [0.15, 0.2) is 22.7 Å². The first-order valence-corrected chi connectivity index (χ1v) is 5.06. The molecule has 75 valence electrons. The van der Waals surface area contributed by atoms with Crippen molar-refractivity contribution >= 4 is 21.9 Å². The van der Waals surface area contributed by atoms with Crippen LogP contribution in [-0.2, 0) is 4.74 Å². The normalized spacial score (nSPS) is 10.4. The Labute approximate surface area is 92.4 Å². The minimum atomic E-state index is -0.333. The predicted molar refractivity (Wildman–Crippen MR) is 59.3 cm³/mol. The monoisotopic (exact) mass is 255 g/mol. The van der Waals surface area contributed by atoms with Crippen LogP contribution in [-0.4, -0.2) is 13.1 Å². The number of carbonyl (C=O) groups excluding carboxylic acids is 1. The van der Waals surface area contributed by atoms with Crippen molar-refractivity contribution in [3.05, 3.63) is 40.7 Å². The summed E-state index contributed by atoms with van der Waals surface area (Å²) >= 11 is 3.33. The third-order valence-corrected chi connectivity index (χ3v) is 2.62. The summed E-state index contributed by atoms with van der Waals surface area (Å²) in [5.74, 6) is -0.127. The van der Waals surface area contributed by atoms with Gasteiger partial charge in [-0.2, -0.15) is 0 Å². The van der Waals surface area contributed by atoms with Crippen molar-refractivity contribution < 1.29 is 9.53 Å². The number of rotatable bonds is 2. The highest BCUT2D eigenvalue weighted by Crippen LogP contribution is 2.23. The van der Waals surface area contributed by atoms with Crippen molar-refractivity contribution in [2.75, 3.05) is 7.11 Å². The highest BCUT2D eigenvalue weighted by Gasteiger charge is 2.11. The highest BCUT2D eigenvalue weighted by atomic mass is 79.9. The molecule has 0 saturated heterocycles. The van der Waals surface area contributed by atoms with Crippen LogP contribution in [0.3, 0.4) is 0 Å². The van der Waals surface area contributed by atoms with E-state index in [1.54, 1.807) is 6.07 Å². The predicted octanol–water partition coefficient (Wildman–Crippen LogP) is 3.17. The van der Waals surface area contributed by atoms with Crippen LogP contribution in [0, 0.1) is 6.92 Å². The minimum absolute atomic E-state index is 0.206. The Kier molecular flexibility index (Phi) is 3.69. The topological polar surface area (TPSA) is 26.3 Å². The molecule has 0 bridgehead atoms. The van der Waals surface area contributed by atoms with Crippen molar-refractivity contribution in [1.29, 1.82) is 0 Å². The quantitative estimate of drug-likeness (QED) is 0.759. The summed E-state index contributed by atoms with van der Waals surface area (Å²) < 4.78 is 5.38. The van der Waals surface area contributed by atoms with Gasteiger partial charge in [-0.15, -0.1) is 0 Å². The summed E-state index contributed by atoms with van der Waals surface area (Å²) in [6, 6.07) is 5.52. The van der Waals surface area contributed by atoms with Crippen LogP contribution >= 0.6 is 15.9 Å². The molecule has 3 heteroatoms. The Morgan fingerprint density at radius 3 is 2.64 bits per heavy atom. The lowest BCUT2D eigenvalue weighted by molar-refractivity contribution is 0.0599. The Morgan fingerprint density at radius 1 is 1.57 bits per heavy atom. The lowest BCUT2D eigenvalue weighted by Crippen LogP contribution is -2.02. The van der Waals surface area contributed by atoms with Crippen LogP contribution in [0.2, 0.25) is 0 Å². The van der Waals surface area contributed by atoms with Crippen LogP contribution < -0.4 is 0 Å². The maximum absolute atomic E-state index is 11.2. The van der Waals surface area contributed by atoms with Crippen molar-refractivity contribution in [3.8, 4) is 0 Å². The average Bonchev–Trinajstić information content (AvgIpc) is 2.16. The highest BCUT2D eigenvalue weighted by molar-refractivity contribution is 9.10. The van der Waals surface area contributed by atoms with Gasteiger partial charge in [-0.05, 0) is 46.5 Å². The maximum Gasteiger partial charge on any atom is 0.338 e. The van der Waals surface area contributed by atoms with Crippen molar-refractivity contribution in [2.24, 2.45) is 0 Å². The molecule has 1 radical (unpaired) electrons. The van der Waals surface area contributed by atoms with Crippen molar-refractivity contribution in [2.45, 2.75) is 12.8 Å². The molecule has 1 aromatic carbocycles. The fourth-order valence-corrected chi connectivity index (χ4v) is 1.67. The third kappa shape index (κ3) is 2.35. The van der Waals surface area contributed by atoms with E-state index >= 15 is 0 Å². The number of halogens is 1. The van der Waals surface area contributed by atoms with E-state index in [0.717, 1.165) is 10.0 Å². The first-order chi connectivity index (χ1) is 6.56. The zero-order chi connectivity index (χ0) is 10.7. The Hall–Kier alpha value is -0.830. The zero-order valence-corrected chi connectivity index (χ0v) is 9.80. The van der Waals surface area contributed by atoms with Gasteiger partial charge in [0.15, 0.2) is 0 Å². The molecule has 0 N–H and O–H groups in total. The number of methoxy groups -OCH3 is 1. The van der Waals surface area contributed by atoms with Crippen LogP contribution in [0.5, 0.6) is 0 Å². The fourth-order valence-electron chi connectivity index (χ4n) is 1.11. The molecule has 1 aromatic rings. The molecule has 2 nitrogen and oxygen atoms in total. The second kappa shape index (κ2) is 4.60. The van der Waals surface area contributed by atoms with Gasteiger partial charge in [0.05, 0.1) is 12.7 Å². The van der Waals surface area contributed by atoms with Gasteiger partial charge in [-0.25, -0.2) is 4.79 Å². The molecule has 1 atom stereocenters. The number of hydrogen-bond acceptors (Lipinski definition) is 2. The molecule has 0 aromatic heterocycles. The molecule has 0 fully saturated rings. The largest absolute Gasteiger partial charge is 0.465 e. The summed E-state index contributed by atoms with van der Waals surface area (Å²) in [5.41, 5.74) is 1.63. The molecule has 0 saturated carbocycles. The Balaban J connectivity index is 3.07. The van der Waals surface area contributed by atoms with Gasteiger partial charge in [0.1, 0.15) is 0 Å². The Morgan fingerprint density at radius 2 is 2.21 bits per heavy atom. The van der Waals surface area contributed by atoms with Crippen LogP contribution in [0.25, 0.3) is 0 Å². The van der Waals surface area contributed by atoms with Gasteiger partial charge in [0, 0.05) is 4.47 Å². The summed E-state index contributed by atoms with van der Waals surface area (Å²) in [5, 5.41) is 0. The number of carbonyl (C=O) groups is 1. The minimum Gasteiger partial charge on any atom is -0.465 e. The average molecular weight is 256 g/mol. The zero-order valence-electron chi connectivity index (χ0n) is 8.21. The van der Waals surface area contributed by atoms with Gasteiger partial charge in [0.2, 0.25) is 0 Å². The van der Waals surface area contributed by atoms with E-state index in [0.29, 0.717) is 5.56 Å². The van der Waals surface area contributed by atoms with E-state index in [4.69, 9.17) is 0 Å². The summed E-state index contributed by atoms with van der Waals surface area (Å²) in [7, 11) is 1.37. The molecule has 1 rings (SSSR count). The molecule has 0 spiro atoms. The van der Waals surface area contributed by atoms with Gasteiger partial charge < -0.3 is 4.74 Å². The lowest BCUT2D eigenvalue weighted by Gasteiger charge is -2.08. The van der Waals surface area contributed by atoms with Gasteiger partial charge in [-0.1, -0.05) is 13.0 Å². The second-order valence-corrected chi connectivity index (χ2v) is 3.99. The van der Waals surface area contributed by atoms with E-state index in [2.05, 4.69) is 27.6 Å². The molecular weight excluding hydrogens is 244 g/mol. The van der Waals surface area contributed by atoms with Crippen LogP contribution in [0.4, 0.5) is 0 Å². The standard InChI is InChI=1S/C11H12BrO2/c1-7(2)8-4-5-9(10(12)6-8)11(13)14-3/h4-7H,1H2,2-3H3. The van der Waals surface area contributed by atoms with Crippen LogP contribution in [0.1, 0.15) is 28.8 Å². The number of ether oxygens (including phenoxy) is 1. The summed E-state index contributed by atoms with van der Waals surface area (Å²) in [6.45, 7) is 5.91. The van der Waals surface area contributed by atoms with Crippen molar-refractivity contribution in [1.82, 2.24) is 0 Å². The smallest absolute Gasteiger partial charge is 0.338 e. The lowest BCUT2D eigenvalue weighted by atomic mass is 10.0. The molecule has 0 aliphatic heterocycles. The molecule has 0 amide bonds. The molecular formula is C11H12BrO2. The Bertz CT molecular complexity index is 345. The van der Waals surface area contributed by atoms with E-state index < -0.39 is 0 Å². The molecule has 0 aliphatic rings. The summed E-state index contributed by atoms with van der Waals surface area (Å²) in [6.07, 6.45) is 0. The maximum atomic E-state index is 11.2. The van der Waals surface area contributed by atoms with E-state index in [9.17, 15) is 4.79 Å². The third-order valence-electron chi connectivity index (χ3n) is 1.97. The SMILES string of the molecule is [CH2]C(C)c1ccc(C(=O)OC)c(Br)c1. The van der Waals surface area contributed by atoms with E-state index in [1.807, 2.05) is 19.1 Å². The molecule has 1 unspecified atom stereocenters. The summed E-state index contributed by atoms with van der Waals surface area (Å²) in [4.78, 5) is 11.2. The number of esters is 1. The van der Waals surface area contributed by atoms with Gasteiger partial charge >= 0.3 is 5.97 Å². The second-order valence-electron chi connectivity index (χ2n) is 3.13.